The Labute approximate surface area is 250 Å². The lowest BCUT2D eigenvalue weighted by molar-refractivity contribution is 0.0914. The zero-order valence-electron chi connectivity index (χ0n) is 28.6. The normalized spacial score (nSPS) is 12.2. The van der Waals surface area contributed by atoms with Crippen LogP contribution >= 0.6 is 0 Å². The quantitative estimate of drug-likeness (QED) is 0.0736. The molecule has 0 aromatic carbocycles. The van der Waals surface area contributed by atoms with Crippen LogP contribution in [0.2, 0.25) is 0 Å². The van der Waals surface area contributed by atoms with Gasteiger partial charge in [0.05, 0.1) is 0 Å². The Morgan fingerprint density at radius 1 is 0.308 bits per heavy atom. The van der Waals surface area contributed by atoms with Crippen LogP contribution in [0.5, 0.6) is 0 Å². The molecule has 0 saturated heterocycles. The summed E-state index contributed by atoms with van der Waals surface area (Å²) in [5, 5.41) is 0. The van der Waals surface area contributed by atoms with E-state index in [1.54, 1.807) is 0 Å². The average Bonchev–Trinajstić information content (AvgIpc) is 2.94. The summed E-state index contributed by atoms with van der Waals surface area (Å²) < 4.78 is 0. The lowest BCUT2D eigenvalue weighted by Crippen LogP contribution is -2.46. The number of unbranched alkanes of at least 4 members (excludes halogenated alkanes) is 26. The van der Waals surface area contributed by atoms with Crippen LogP contribution in [0.25, 0.3) is 0 Å². The van der Waals surface area contributed by atoms with Gasteiger partial charge in [0.15, 0.2) is 0 Å². The van der Waals surface area contributed by atoms with Crippen LogP contribution in [0.3, 0.4) is 0 Å². The lowest BCUT2D eigenvalue weighted by atomic mass is 9.86. The maximum Gasteiger partial charge on any atom is 0.0181 e. The van der Waals surface area contributed by atoms with Gasteiger partial charge in [-0.15, -0.1) is 0 Å². The van der Waals surface area contributed by atoms with E-state index in [0.29, 0.717) is 5.54 Å². The van der Waals surface area contributed by atoms with Gasteiger partial charge in [-0.25, -0.2) is 0 Å². The van der Waals surface area contributed by atoms with Crippen molar-refractivity contribution in [3.8, 4) is 0 Å². The predicted octanol–water partition coefficient (Wildman–Crippen LogP) is 13.8. The van der Waals surface area contributed by atoms with E-state index >= 15 is 0 Å². The fourth-order valence-corrected chi connectivity index (χ4v) is 6.83. The zero-order valence-corrected chi connectivity index (χ0v) is 28.6. The second-order valence-electron chi connectivity index (χ2n) is 13.4. The van der Waals surface area contributed by atoms with Crippen LogP contribution in [0.1, 0.15) is 227 Å². The van der Waals surface area contributed by atoms with E-state index in [1.807, 2.05) is 0 Å². The van der Waals surface area contributed by atoms with Gasteiger partial charge in [0, 0.05) is 5.54 Å². The first-order valence-corrected chi connectivity index (χ1v) is 18.9. The number of hydrogen-bond donors (Lipinski definition) is 0. The Morgan fingerprint density at radius 3 is 0.718 bits per heavy atom. The standard InChI is InChI=1S/C38H79N/c1-6-10-12-14-16-18-20-22-24-26-28-30-32-34-36-38(5,39(8-3)9-4)37-35-33-31-29-27-25-23-21-19-17-15-13-11-7-2/h6-37H2,1-5H3. The molecule has 0 unspecified atom stereocenters. The van der Waals surface area contributed by atoms with Crippen molar-refractivity contribution in [1.82, 2.24) is 4.90 Å². The van der Waals surface area contributed by atoms with E-state index in [4.69, 9.17) is 0 Å². The molecule has 0 atom stereocenters. The third-order valence-corrected chi connectivity index (χ3v) is 9.66. The summed E-state index contributed by atoms with van der Waals surface area (Å²) in [6.07, 6.45) is 43.7. The van der Waals surface area contributed by atoms with E-state index in [9.17, 15) is 0 Å². The van der Waals surface area contributed by atoms with Crippen molar-refractivity contribution in [2.24, 2.45) is 0 Å². The molecule has 0 rings (SSSR count). The van der Waals surface area contributed by atoms with E-state index < -0.39 is 0 Å². The van der Waals surface area contributed by atoms with Crippen LogP contribution in [0.4, 0.5) is 0 Å². The van der Waals surface area contributed by atoms with Crippen molar-refractivity contribution in [2.45, 2.75) is 233 Å². The first kappa shape index (κ1) is 39.0. The molecule has 0 spiro atoms. The summed E-state index contributed by atoms with van der Waals surface area (Å²) in [7, 11) is 0. The molecule has 0 aliphatic heterocycles. The van der Waals surface area contributed by atoms with E-state index in [0.717, 1.165) is 0 Å². The fourth-order valence-electron chi connectivity index (χ4n) is 6.83. The van der Waals surface area contributed by atoms with Gasteiger partial charge in [-0.2, -0.15) is 0 Å². The molecule has 0 saturated carbocycles. The monoisotopic (exact) mass is 550 g/mol. The summed E-state index contributed by atoms with van der Waals surface area (Å²) in [6, 6.07) is 0. The molecule has 39 heavy (non-hydrogen) atoms. The Morgan fingerprint density at radius 2 is 0.513 bits per heavy atom. The molecule has 0 aromatic heterocycles. The molecule has 1 nitrogen and oxygen atoms in total. The minimum Gasteiger partial charge on any atom is -0.298 e. The maximum absolute atomic E-state index is 2.78. The SMILES string of the molecule is CCCCCCCCCCCCCCCCC(C)(CCCCCCCCCCCCCCCC)N(CC)CC. The third-order valence-electron chi connectivity index (χ3n) is 9.66. The molecule has 0 radical (unpaired) electrons. The fraction of sp³-hybridized carbons (Fsp3) is 1.00. The van der Waals surface area contributed by atoms with Crippen LogP contribution in [0, 0.1) is 0 Å². The summed E-state index contributed by atoms with van der Waals surface area (Å²) in [5.74, 6) is 0. The minimum absolute atomic E-state index is 0.428. The molecule has 1 heteroatoms. The van der Waals surface area contributed by atoms with Gasteiger partial charge in [-0.3, -0.25) is 4.90 Å². The highest BCUT2D eigenvalue weighted by Crippen LogP contribution is 2.29. The van der Waals surface area contributed by atoms with E-state index in [1.165, 1.54) is 206 Å². The largest absolute Gasteiger partial charge is 0.298 e. The molecule has 0 N–H and O–H groups in total. The first-order valence-electron chi connectivity index (χ1n) is 18.9. The molecule has 0 aromatic rings. The molecular weight excluding hydrogens is 470 g/mol. The highest BCUT2D eigenvalue weighted by atomic mass is 15.2. The molecule has 0 bridgehead atoms. The van der Waals surface area contributed by atoms with Gasteiger partial charge in [0.1, 0.15) is 0 Å². The van der Waals surface area contributed by atoms with Crippen molar-refractivity contribution in [3.05, 3.63) is 0 Å². The summed E-state index contributed by atoms with van der Waals surface area (Å²) >= 11 is 0. The van der Waals surface area contributed by atoms with Crippen LogP contribution in [-0.2, 0) is 0 Å². The highest BCUT2D eigenvalue weighted by molar-refractivity contribution is 4.85. The van der Waals surface area contributed by atoms with Crippen molar-refractivity contribution in [1.29, 1.82) is 0 Å². The van der Waals surface area contributed by atoms with Gasteiger partial charge in [-0.05, 0) is 32.9 Å². The summed E-state index contributed by atoms with van der Waals surface area (Å²) in [4.78, 5) is 2.78. The van der Waals surface area contributed by atoms with Crippen molar-refractivity contribution in [2.75, 3.05) is 13.1 Å². The van der Waals surface area contributed by atoms with Gasteiger partial charge < -0.3 is 0 Å². The van der Waals surface area contributed by atoms with Crippen molar-refractivity contribution in [3.63, 3.8) is 0 Å². The Bertz CT molecular complexity index is 408. The summed E-state index contributed by atoms with van der Waals surface area (Å²) in [6.45, 7) is 14.4. The number of rotatable bonds is 33. The minimum atomic E-state index is 0.428. The smallest absolute Gasteiger partial charge is 0.0181 e. The Balaban J connectivity index is 3.78. The van der Waals surface area contributed by atoms with Crippen LogP contribution < -0.4 is 0 Å². The highest BCUT2D eigenvalue weighted by Gasteiger charge is 2.28. The van der Waals surface area contributed by atoms with Crippen LogP contribution in [0.15, 0.2) is 0 Å². The molecule has 0 aliphatic rings. The van der Waals surface area contributed by atoms with Gasteiger partial charge in [-0.1, -0.05) is 207 Å². The summed E-state index contributed by atoms with van der Waals surface area (Å²) in [5.41, 5.74) is 0.428. The predicted molar refractivity (Wildman–Crippen MR) is 181 cm³/mol. The van der Waals surface area contributed by atoms with Crippen LogP contribution in [-0.4, -0.2) is 23.5 Å². The number of nitrogens with zero attached hydrogens (tertiary/aromatic N) is 1. The zero-order chi connectivity index (χ0) is 28.7. The lowest BCUT2D eigenvalue weighted by Gasteiger charge is -2.41. The molecule has 0 heterocycles. The molecule has 236 valence electrons. The van der Waals surface area contributed by atoms with Gasteiger partial charge >= 0.3 is 0 Å². The Hall–Kier alpha value is -0.0400. The topological polar surface area (TPSA) is 3.24 Å². The molecule has 0 aliphatic carbocycles. The van der Waals surface area contributed by atoms with Gasteiger partial charge in [0.25, 0.3) is 0 Å². The van der Waals surface area contributed by atoms with E-state index in [-0.39, 0.29) is 0 Å². The van der Waals surface area contributed by atoms with Crippen molar-refractivity contribution < 1.29 is 0 Å². The second-order valence-corrected chi connectivity index (χ2v) is 13.4. The van der Waals surface area contributed by atoms with Gasteiger partial charge in [0.2, 0.25) is 0 Å². The maximum atomic E-state index is 2.78. The molecule has 0 fully saturated rings. The Kier molecular flexibility index (Phi) is 30.9. The second kappa shape index (κ2) is 30.9. The average molecular weight is 550 g/mol. The third kappa shape index (κ3) is 25.4. The molecule has 0 amide bonds. The van der Waals surface area contributed by atoms with E-state index in [2.05, 4.69) is 39.5 Å². The molecular formula is C38H79N. The number of hydrogen-bond acceptors (Lipinski definition) is 1. The first-order chi connectivity index (χ1) is 19.1. The van der Waals surface area contributed by atoms with Crippen molar-refractivity contribution >= 4 is 0 Å².